The summed E-state index contributed by atoms with van der Waals surface area (Å²) in [6.07, 6.45) is 0.766. The smallest absolute Gasteiger partial charge is 0.326 e. The van der Waals surface area contributed by atoms with E-state index in [1.807, 2.05) is 20.9 Å². The van der Waals surface area contributed by atoms with Crippen LogP contribution in [0.4, 0.5) is 0 Å². The fourth-order valence-corrected chi connectivity index (χ4v) is 2.29. The average Bonchev–Trinajstić information content (AvgIpc) is 2.34. The summed E-state index contributed by atoms with van der Waals surface area (Å²) in [6, 6.07) is 0. The number of ether oxygens (including phenoxy) is 1. The van der Waals surface area contributed by atoms with Crippen molar-refractivity contribution in [3.8, 4) is 0 Å². The van der Waals surface area contributed by atoms with Gasteiger partial charge in [-0.05, 0) is 39.2 Å². The molecule has 1 unspecified atom stereocenters. The van der Waals surface area contributed by atoms with Crippen molar-refractivity contribution >= 4 is 5.97 Å². The maximum absolute atomic E-state index is 12.0. The van der Waals surface area contributed by atoms with Crippen LogP contribution in [-0.4, -0.2) is 49.7 Å². The molecule has 0 spiro atoms. The van der Waals surface area contributed by atoms with Crippen molar-refractivity contribution in [1.82, 2.24) is 10.2 Å². The predicted octanol–water partition coefficient (Wildman–Crippen LogP) is 2.53. The molecule has 0 aliphatic heterocycles. The Labute approximate surface area is 125 Å². The minimum absolute atomic E-state index is 0.156. The van der Waals surface area contributed by atoms with Crippen molar-refractivity contribution in [2.24, 2.45) is 11.8 Å². The lowest BCUT2D eigenvalue weighted by molar-refractivity contribution is -0.150. The summed E-state index contributed by atoms with van der Waals surface area (Å²) in [5.41, 5.74) is -0.595. The van der Waals surface area contributed by atoms with E-state index in [1.165, 1.54) is 0 Å². The molecule has 0 amide bonds. The third-order valence-corrected chi connectivity index (χ3v) is 3.45. The first-order chi connectivity index (χ1) is 9.25. The van der Waals surface area contributed by atoms with Gasteiger partial charge in [-0.2, -0.15) is 0 Å². The number of nitrogens with one attached hydrogen (secondary N) is 1. The van der Waals surface area contributed by atoms with Crippen LogP contribution in [0.1, 0.15) is 48.0 Å². The first-order valence-electron chi connectivity index (χ1n) is 7.83. The SMILES string of the molecule is CCOC(=O)C(C)(CCN(CC(C)C)CC(C)C)NC. The van der Waals surface area contributed by atoms with Crippen LogP contribution in [0.15, 0.2) is 0 Å². The Bertz CT molecular complexity index is 270. The Morgan fingerprint density at radius 1 is 1.20 bits per heavy atom. The predicted molar refractivity (Wildman–Crippen MR) is 84.8 cm³/mol. The Morgan fingerprint density at radius 2 is 1.70 bits per heavy atom. The topological polar surface area (TPSA) is 41.6 Å². The van der Waals surface area contributed by atoms with E-state index in [0.717, 1.165) is 26.1 Å². The summed E-state index contributed by atoms with van der Waals surface area (Å²) in [7, 11) is 1.83. The van der Waals surface area contributed by atoms with Crippen LogP contribution in [0.25, 0.3) is 0 Å². The first kappa shape index (κ1) is 19.4. The molecule has 0 aromatic rings. The molecule has 0 heterocycles. The molecule has 1 N–H and O–H groups in total. The second kappa shape index (κ2) is 9.35. The fourth-order valence-electron chi connectivity index (χ4n) is 2.29. The van der Waals surface area contributed by atoms with Crippen LogP contribution < -0.4 is 5.32 Å². The largest absolute Gasteiger partial charge is 0.465 e. The molecule has 120 valence electrons. The number of esters is 1. The maximum Gasteiger partial charge on any atom is 0.326 e. The van der Waals surface area contributed by atoms with Crippen LogP contribution in [0.5, 0.6) is 0 Å². The van der Waals surface area contributed by atoms with E-state index in [9.17, 15) is 4.79 Å². The molecule has 0 saturated heterocycles. The van der Waals surface area contributed by atoms with Crippen molar-refractivity contribution < 1.29 is 9.53 Å². The van der Waals surface area contributed by atoms with Gasteiger partial charge < -0.3 is 15.0 Å². The van der Waals surface area contributed by atoms with E-state index in [0.29, 0.717) is 18.4 Å². The number of carbonyl (C=O) groups is 1. The van der Waals surface area contributed by atoms with E-state index in [-0.39, 0.29) is 5.97 Å². The van der Waals surface area contributed by atoms with Crippen molar-refractivity contribution in [2.75, 3.05) is 33.3 Å². The van der Waals surface area contributed by atoms with Crippen molar-refractivity contribution in [1.29, 1.82) is 0 Å². The lowest BCUT2D eigenvalue weighted by atomic mass is 9.97. The van der Waals surface area contributed by atoms with Gasteiger partial charge in [0.15, 0.2) is 0 Å². The van der Waals surface area contributed by atoms with Crippen LogP contribution in [0.2, 0.25) is 0 Å². The number of nitrogens with zero attached hydrogens (tertiary/aromatic N) is 1. The van der Waals surface area contributed by atoms with E-state index >= 15 is 0 Å². The Hall–Kier alpha value is -0.610. The summed E-state index contributed by atoms with van der Waals surface area (Å²) in [5.74, 6) is 1.12. The lowest BCUT2D eigenvalue weighted by Gasteiger charge is -2.32. The maximum atomic E-state index is 12.0. The molecule has 0 aromatic carbocycles. The van der Waals surface area contributed by atoms with Gasteiger partial charge in [-0.15, -0.1) is 0 Å². The van der Waals surface area contributed by atoms with E-state index in [2.05, 4.69) is 37.9 Å². The number of carbonyl (C=O) groups excluding carboxylic acids is 1. The molecular formula is C16H34N2O2. The molecular weight excluding hydrogens is 252 g/mol. The average molecular weight is 286 g/mol. The van der Waals surface area contributed by atoms with Crippen LogP contribution >= 0.6 is 0 Å². The van der Waals surface area contributed by atoms with E-state index in [1.54, 1.807) is 0 Å². The Kier molecular flexibility index (Phi) is 9.06. The zero-order valence-corrected chi connectivity index (χ0v) is 14.5. The fraction of sp³-hybridized carbons (Fsp3) is 0.938. The molecule has 4 heteroatoms. The van der Waals surface area contributed by atoms with Gasteiger partial charge in [0.05, 0.1) is 6.61 Å². The van der Waals surface area contributed by atoms with Crippen molar-refractivity contribution in [3.63, 3.8) is 0 Å². The summed E-state index contributed by atoms with van der Waals surface area (Å²) in [4.78, 5) is 14.5. The number of rotatable bonds is 10. The van der Waals surface area contributed by atoms with Gasteiger partial charge in [-0.25, -0.2) is 0 Å². The first-order valence-corrected chi connectivity index (χ1v) is 7.83. The molecule has 0 rings (SSSR count). The Balaban J connectivity index is 4.58. The highest BCUT2D eigenvalue weighted by molar-refractivity contribution is 5.80. The zero-order chi connectivity index (χ0) is 15.8. The normalized spacial score (nSPS) is 14.9. The van der Waals surface area contributed by atoms with E-state index in [4.69, 9.17) is 4.74 Å². The second-order valence-electron chi connectivity index (χ2n) is 6.60. The molecule has 20 heavy (non-hydrogen) atoms. The van der Waals surface area contributed by atoms with Gasteiger partial charge in [-0.1, -0.05) is 27.7 Å². The van der Waals surface area contributed by atoms with Crippen molar-refractivity contribution in [3.05, 3.63) is 0 Å². The summed E-state index contributed by atoms with van der Waals surface area (Å²) in [5, 5.41) is 3.12. The molecule has 1 atom stereocenters. The molecule has 0 aliphatic rings. The van der Waals surface area contributed by atoms with Gasteiger partial charge >= 0.3 is 5.97 Å². The number of hydrogen-bond donors (Lipinski definition) is 1. The van der Waals surface area contributed by atoms with Crippen LogP contribution in [0.3, 0.4) is 0 Å². The third-order valence-electron chi connectivity index (χ3n) is 3.45. The molecule has 0 bridgehead atoms. The second-order valence-corrected chi connectivity index (χ2v) is 6.60. The quantitative estimate of drug-likeness (QED) is 0.627. The van der Waals surface area contributed by atoms with Gasteiger partial charge in [0.2, 0.25) is 0 Å². The minimum atomic E-state index is -0.595. The van der Waals surface area contributed by atoms with Crippen LogP contribution in [0, 0.1) is 11.8 Å². The molecule has 0 aromatic heterocycles. The third kappa shape index (κ3) is 7.25. The van der Waals surface area contributed by atoms with Gasteiger partial charge in [0.1, 0.15) is 5.54 Å². The minimum Gasteiger partial charge on any atom is -0.465 e. The summed E-state index contributed by atoms with van der Waals surface area (Å²) in [6.45, 7) is 16.2. The molecule has 0 aliphatic carbocycles. The molecule has 4 nitrogen and oxygen atoms in total. The summed E-state index contributed by atoms with van der Waals surface area (Å²) < 4.78 is 5.17. The zero-order valence-electron chi connectivity index (χ0n) is 14.5. The Morgan fingerprint density at radius 3 is 2.05 bits per heavy atom. The number of likely N-dealkylation sites (N-methyl/N-ethyl adjacent to an activating group) is 1. The highest BCUT2D eigenvalue weighted by Gasteiger charge is 2.33. The molecule has 0 saturated carbocycles. The highest BCUT2D eigenvalue weighted by Crippen LogP contribution is 2.14. The highest BCUT2D eigenvalue weighted by atomic mass is 16.5. The standard InChI is InChI=1S/C16H34N2O2/c1-8-20-15(19)16(6,17-7)9-10-18(11-13(2)3)12-14(4)5/h13-14,17H,8-12H2,1-7H3. The molecule has 0 radical (unpaired) electrons. The van der Waals surface area contributed by atoms with Gasteiger partial charge in [0, 0.05) is 19.6 Å². The van der Waals surface area contributed by atoms with E-state index < -0.39 is 5.54 Å². The number of hydrogen-bond acceptors (Lipinski definition) is 4. The van der Waals surface area contributed by atoms with Crippen molar-refractivity contribution in [2.45, 2.75) is 53.5 Å². The van der Waals surface area contributed by atoms with Gasteiger partial charge in [0.25, 0.3) is 0 Å². The van der Waals surface area contributed by atoms with Gasteiger partial charge in [-0.3, -0.25) is 4.79 Å². The van der Waals surface area contributed by atoms with Crippen LogP contribution in [-0.2, 0) is 9.53 Å². The monoisotopic (exact) mass is 286 g/mol. The lowest BCUT2D eigenvalue weighted by Crippen LogP contribution is -2.51. The summed E-state index contributed by atoms with van der Waals surface area (Å²) >= 11 is 0. The molecule has 0 fully saturated rings.